The smallest absolute Gasteiger partial charge is 0.387 e. The van der Waals surface area contributed by atoms with Gasteiger partial charge in [-0.1, -0.05) is 32.0 Å². The topological polar surface area (TPSA) is 35.2 Å². The van der Waals surface area contributed by atoms with Crippen LogP contribution < -0.4 is 10.5 Å². The molecule has 2 nitrogen and oxygen atoms in total. The molecule has 0 bridgehead atoms. The second kappa shape index (κ2) is 3.95. The maximum absolute atomic E-state index is 12.4. The van der Waals surface area contributed by atoms with Crippen LogP contribution in [0.25, 0.3) is 0 Å². The van der Waals surface area contributed by atoms with E-state index in [1.807, 2.05) is 26.0 Å². The molecule has 2 rings (SSSR count). The molecular weight excluding hydrogens is 224 g/mol. The van der Waals surface area contributed by atoms with E-state index >= 15 is 0 Å². The molecular formula is C13H17F2NO. The molecule has 0 radical (unpaired) electrons. The van der Waals surface area contributed by atoms with Gasteiger partial charge >= 0.3 is 6.61 Å². The zero-order chi connectivity index (χ0) is 12.8. The summed E-state index contributed by atoms with van der Waals surface area (Å²) in [6, 6.07) is 5.44. The normalized spacial score (nSPS) is 26.1. The Morgan fingerprint density at radius 2 is 1.94 bits per heavy atom. The molecule has 4 heteroatoms. The summed E-state index contributed by atoms with van der Waals surface area (Å²) in [5.74, 6) is 0.379. The van der Waals surface area contributed by atoms with Crippen molar-refractivity contribution in [1.82, 2.24) is 0 Å². The lowest BCUT2D eigenvalue weighted by molar-refractivity contribution is -0.0509. The SMILES string of the molecule is Cc1cccc([C@@H]2[C@@H](N)C2(C)C)c1OC(F)F. The van der Waals surface area contributed by atoms with Crippen molar-refractivity contribution in [3.05, 3.63) is 29.3 Å². The van der Waals surface area contributed by atoms with Gasteiger partial charge in [0, 0.05) is 12.0 Å². The summed E-state index contributed by atoms with van der Waals surface area (Å²) in [5, 5.41) is 0. The second-order valence-corrected chi connectivity index (χ2v) is 5.20. The van der Waals surface area contributed by atoms with E-state index in [1.165, 1.54) is 0 Å². The zero-order valence-corrected chi connectivity index (χ0v) is 10.2. The molecule has 0 spiro atoms. The zero-order valence-electron chi connectivity index (χ0n) is 10.2. The van der Waals surface area contributed by atoms with Gasteiger partial charge in [-0.3, -0.25) is 0 Å². The largest absolute Gasteiger partial charge is 0.434 e. The molecule has 1 aromatic rings. The molecule has 1 fully saturated rings. The highest BCUT2D eigenvalue weighted by Gasteiger charge is 2.57. The molecule has 17 heavy (non-hydrogen) atoms. The van der Waals surface area contributed by atoms with Crippen molar-refractivity contribution in [2.24, 2.45) is 11.1 Å². The van der Waals surface area contributed by atoms with Crippen LogP contribution in [0.1, 0.15) is 30.9 Å². The number of aryl methyl sites for hydroxylation is 1. The van der Waals surface area contributed by atoms with Crippen molar-refractivity contribution in [2.75, 3.05) is 0 Å². The predicted molar refractivity (Wildman–Crippen MR) is 62.3 cm³/mol. The van der Waals surface area contributed by atoms with Crippen molar-refractivity contribution in [3.63, 3.8) is 0 Å². The Hall–Kier alpha value is -1.16. The molecule has 0 saturated heterocycles. The third-order valence-electron chi connectivity index (χ3n) is 3.70. The molecule has 0 heterocycles. The first-order valence-corrected chi connectivity index (χ1v) is 5.65. The quantitative estimate of drug-likeness (QED) is 0.882. The van der Waals surface area contributed by atoms with E-state index in [2.05, 4.69) is 4.74 Å². The summed E-state index contributed by atoms with van der Waals surface area (Å²) in [5.41, 5.74) is 7.45. The van der Waals surface area contributed by atoms with Crippen LogP contribution in [0.5, 0.6) is 5.75 Å². The van der Waals surface area contributed by atoms with E-state index in [9.17, 15) is 8.78 Å². The van der Waals surface area contributed by atoms with E-state index in [1.54, 1.807) is 13.0 Å². The summed E-state index contributed by atoms with van der Waals surface area (Å²) in [4.78, 5) is 0. The lowest BCUT2D eigenvalue weighted by Crippen LogP contribution is -2.08. The number of nitrogens with two attached hydrogens (primary N) is 1. The first kappa shape index (κ1) is 12.3. The molecule has 0 aliphatic heterocycles. The van der Waals surface area contributed by atoms with Crippen LogP contribution >= 0.6 is 0 Å². The van der Waals surface area contributed by atoms with E-state index in [4.69, 9.17) is 5.73 Å². The summed E-state index contributed by atoms with van der Waals surface area (Å²) < 4.78 is 29.4. The van der Waals surface area contributed by atoms with Gasteiger partial charge in [0.25, 0.3) is 0 Å². The molecule has 1 aromatic carbocycles. The number of benzene rings is 1. The van der Waals surface area contributed by atoms with Crippen molar-refractivity contribution >= 4 is 0 Å². The Kier molecular flexibility index (Phi) is 2.86. The second-order valence-electron chi connectivity index (χ2n) is 5.20. The molecule has 1 saturated carbocycles. The van der Waals surface area contributed by atoms with Crippen LogP contribution in [0.3, 0.4) is 0 Å². The van der Waals surface area contributed by atoms with Crippen molar-refractivity contribution in [2.45, 2.75) is 39.3 Å². The van der Waals surface area contributed by atoms with Crippen LogP contribution in [-0.2, 0) is 0 Å². The van der Waals surface area contributed by atoms with Crippen molar-refractivity contribution in [1.29, 1.82) is 0 Å². The molecule has 1 aliphatic carbocycles. The van der Waals surface area contributed by atoms with Crippen LogP contribution in [-0.4, -0.2) is 12.7 Å². The van der Waals surface area contributed by atoms with Gasteiger partial charge in [0.1, 0.15) is 5.75 Å². The summed E-state index contributed by atoms with van der Waals surface area (Å²) in [6.45, 7) is 3.04. The fourth-order valence-electron chi connectivity index (χ4n) is 2.44. The highest BCUT2D eigenvalue weighted by molar-refractivity contribution is 5.48. The minimum atomic E-state index is -2.80. The number of ether oxygens (including phenoxy) is 1. The van der Waals surface area contributed by atoms with Crippen molar-refractivity contribution in [3.8, 4) is 5.75 Å². The lowest BCUT2D eigenvalue weighted by Gasteiger charge is -2.14. The maximum atomic E-state index is 12.4. The molecule has 2 N–H and O–H groups in total. The van der Waals surface area contributed by atoms with Crippen LogP contribution in [0, 0.1) is 12.3 Å². The Bertz CT molecular complexity index is 431. The predicted octanol–water partition coefficient (Wildman–Crippen LogP) is 3.05. The van der Waals surface area contributed by atoms with Gasteiger partial charge in [-0.2, -0.15) is 8.78 Å². The van der Waals surface area contributed by atoms with E-state index in [-0.39, 0.29) is 23.1 Å². The van der Waals surface area contributed by atoms with Gasteiger partial charge in [0.05, 0.1) is 0 Å². The summed E-state index contributed by atoms with van der Waals surface area (Å²) in [7, 11) is 0. The van der Waals surface area contributed by atoms with Gasteiger partial charge in [0.2, 0.25) is 0 Å². The third-order valence-corrected chi connectivity index (χ3v) is 3.70. The first-order chi connectivity index (χ1) is 7.85. The lowest BCUT2D eigenvalue weighted by atomic mass is 10.00. The average Bonchev–Trinajstić information content (AvgIpc) is 2.70. The third kappa shape index (κ3) is 2.02. The van der Waals surface area contributed by atoms with Gasteiger partial charge in [-0.15, -0.1) is 0 Å². The molecule has 0 amide bonds. The van der Waals surface area contributed by atoms with Crippen LogP contribution in [0.15, 0.2) is 18.2 Å². The fraction of sp³-hybridized carbons (Fsp3) is 0.538. The number of para-hydroxylation sites is 1. The van der Waals surface area contributed by atoms with Gasteiger partial charge in [-0.05, 0) is 23.5 Å². The van der Waals surface area contributed by atoms with Gasteiger partial charge in [-0.25, -0.2) is 0 Å². The van der Waals surface area contributed by atoms with Gasteiger partial charge < -0.3 is 10.5 Å². The molecule has 94 valence electrons. The maximum Gasteiger partial charge on any atom is 0.387 e. The fourth-order valence-corrected chi connectivity index (χ4v) is 2.44. The monoisotopic (exact) mass is 241 g/mol. The van der Waals surface area contributed by atoms with Crippen LogP contribution in [0.4, 0.5) is 8.78 Å². The molecule has 1 aliphatic rings. The highest BCUT2D eigenvalue weighted by Crippen LogP contribution is 2.59. The Balaban J connectivity index is 2.38. The number of hydrogen-bond donors (Lipinski definition) is 1. The van der Waals surface area contributed by atoms with E-state index in [0.717, 1.165) is 11.1 Å². The van der Waals surface area contributed by atoms with Crippen LogP contribution in [0.2, 0.25) is 0 Å². The minimum absolute atomic E-state index is 0.00400. The summed E-state index contributed by atoms with van der Waals surface area (Å²) in [6.07, 6.45) is 0. The highest BCUT2D eigenvalue weighted by atomic mass is 19.3. The van der Waals surface area contributed by atoms with E-state index < -0.39 is 6.61 Å². The molecule has 0 unspecified atom stereocenters. The number of hydrogen-bond acceptors (Lipinski definition) is 2. The first-order valence-electron chi connectivity index (χ1n) is 5.65. The molecule has 0 aromatic heterocycles. The van der Waals surface area contributed by atoms with Crippen molar-refractivity contribution < 1.29 is 13.5 Å². The number of halogens is 2. The average molecular weight is 241 g/mol. The molecule has 2 atom stereocenters. The minimum Gasteiger partial charge on any atom is -0.434 e. The van der Waals surface area contributed by atoms with E-state index in [0.29, 0.717) is 0 Å². The standard InChI is InChI=1S/C13H17F2NO/c1-7-5-4-6-8(10(7)17-12(14)15)9-11(16)13(9,2)3/h4-6,9,11-12H,16H2,1-3H3/t9-,11-/m1/s1. The Labute approximate surface area is 99.8 Å². The number of rotatable bonds is 3. The summed E-state index contributed by atoms with van der Waals surface area (Å²) >= 11 is 0. The number of alkyl halides is 2. The van der Waals surface area contributed by atoms with Gasteiger partial charge in [0.15, 0.2) is 0 Å². The Morgan fingerprint density at radius 3 is 2.41 bits per heavy atom. The Morgan fingerprint density at radius 1 is 1.35 bits per heavy atom.